The molecule has 1 aliphatic rings. The van der Waals surface area contributed by atoms with Crippen LogP contribution in [0.25, 0.3) is 5.70 Å². The highest BCUT2D eigenvalue weighted by molar-refractivity contribution is 5.69. The summed E-state index contributed by atoms with van der Waals surface area (Å²) in [5.41, 5.74) is 0.750. The largest absolute Gasteiger partial charge is 0.286 e. The minimum Gasteiger partial charge on any atom is -0.258 e. The minimum atomic E-state index is -0.500. The van der Waals surface area contributed by atoms with Crippen LogP contribution in [0.5, 0.6) is 0 Å². The normalized spacial score (nSPS) is 19.4. The van der Waals surface area contributed by atoms with Crippen molar-refractivity contribution in [1.29, 1.82) is 0 Å². The molecule has 76 valence electrons. The van der Waals surface area contributed by atoms with Gasteiger partial charge in [0.05, 0.1) is 11.0 Å². The third-order valence-corrected chi connectivity index (χ3v) is 2.38. The summed E-state index contributed by atoms with van der Waals surface area (Å²) < 4.78 is 0.780. The van der Waals surface area contributed by atoms with Crippen LogP contribution >= 0.6 is 0 Å². The first-order valence-electron chi connectivity index (χ1n) is 4.53. The Labute approximate surface area is 85.8 Å². The van der Waals surface area contributed by atoms with Gasteiger partial charge in [0.2, 0.25) is 6.04 Å². The van der Waals surface area contributed by atoms with Crippen molar-refractivity contribution in [1.82, 2.24) is 0 Å². The van der Waals surface area contributed by atoms with E-state index in [4.69, 9.17) is 0 Å². The van der Waals surface area contributed by atoms with E-state index >= 15 is 0 Å². The van der Waals surface area contributed by atoms with Gasteiger partial charge in [-0.3, -0.25) is 10.1 Å². The molecule has 0 saturated heterocycles. The highest BCUT2D eigenvalue weighted by Crippen LogP contribution is 2.32. The topological polar surface area (TPSA) is 63.2 Å². The van der Waals surface area contributed by atoms with E-state index in [0.717, 1.165) is 4.76 Å². The smallest absolute Gasteiger partial charge is 0.258 e. The zero-order valence-electron chi connectivity index (χ0n) is 8.08. The molecule has 1 aromatic rings. The molecular formula is C10H9N2O3+. The molecule has 1 unspecified atom stereocenters. The quantitative estimate of drug-likeness (QED) is 0.400. The summed E-state index contributed by atoms with van der Waals surface area (Å²) in [5, 5.41) is 10.8. The second kappa shape index (κ2) is 3.27. The predicted octanol–water partition coefficient (Wildman–Crippen LogP) is 2.12. The molecule has 0 fully saturated rings. The Morgan fingerprint density at radius 2 is 2.07 bits per heavy atom. The monoisotopic (exact) mass is 205 g/mol. The number of nitrogens with zero attached hydrogens (tertiary/aromatic N) is 2. The van der Waals surface area contributed by atoms with Gasteiger partial charge in [0.25, 0.3) is 11.4 Å². The second-order valence-electron chi connectivity index (χ2n) is 3.39. The maximum absolute atomic E-state index is 11.6. The molecule has 0 radical (unpaired) electrons. The van der Waals surface area contributed by atoms with Crippen molar-refractivity contribution < 1.29 is 9.68 Å². The zero-order valence-corrected chi connectivity index (χ0v) is 8.08. The predicted molar refractivity (Wildman–Crippen MR) is 54.2 cm³/mol. The Bertz CT molecular complexity index is 479. The third kappa shape index (κ3) is 1.41. The van der Waals surface area contributed by atoms with Crippen LogP contribution in [0.1, 0.15) is 12.5 Å². The fraction of sp³-hybridized carbons (Fsp3) is 0.200. The molecule has 0 spiro atoms. The van der Waals surface area contributed by atoms with Crippen molar-refractivity contribution in [2.75, 3.05) is 0 Å². The van der Waals surface area contributed by atoms with E-state index in [9.17, 15) is 15.0 Å². The lowest BCUT2D eigenvalue weighted by atomic mass is 10.0. The Kier molecular flexibility index (Phi) is 2.07. The van der Waals surface area contributed by atoms with Gasteiger partial charge >= 0.3 is 0 Å². The maximum atomic E-state index is 11.6. The number of hydrogen-bond donors (Lipinski definition) is 0. The average molecular weight is 205 g/mol. The molecule has 1 heterocycles. The Morgan fingerprint density at radius 3 is 2.73 bits per heavy atom. The molecule has 0 aliphatic carbocycles. The Balaban J connectivity index is 2.66. The van der Waals surface area contributed by atoms with Crippen molar-refractivity contribution in [3.63, 3.8) is 0 Å². The van der Waals surface area contributed by atoms with Gasteiger partial charge in [-0.2, -0.15) is 0 Å². The summed E-state index contributed by atoms with van der Waals surface area (Å²) in [5.74, 6) is 0. The second-order valence-corrected chi connectivity index (χ2v) is 3.39. The van der Waals surface area contributed by atoms with Crippen LogP contribution in [0.3, 0.4) is 0 Å². The summed E-state index contributed by atoms with van der Waals surface area (Å²) in [6.45, 7) is 1.63. The first kappa shape index (κ1) is 9.51. The lowest BCUT2D eigenvalue weighted by Gasteiger charge is -2.08. The molecule has 0 amide bonds. The van der Waals surface area contributed by atoms with E-state index in [0.29, 0.717) is 11.3 Å². The number of nitroso groups, excluding NO2 is 1. The van der Waals surface area contributed by atoms with Crippen molar-refractivity contribution in [2.24, 2.45) is 0 Å². The van der Waals surface area contributed by atoms with E-state index in [1.54, 1.807) is 31.2 Å². The number of hydrogen-bond acceptors (Lipinski definition) is 3. The van der Waals surface area contributed by atoms with Crippen molar-refractivity contribution in [3.05, 3.63) is 50.9 Å². The molecule has 0 bridgehead atoms. The molecule has 1 aromatic carbocycles. The highest BCUT2D eigenvalue weighted by Gasteiger charge is 2.36. The molecule has 0 aromatic heterocycles. The molecule has 15 heavy (non-hydrogen) atoms. The number of benzene rings is 1. The number of rotatable bonds is 1. The standard InChI is InChI=1S/C10H9N2O3/c1-7-6-10(12(14)15)8-4-2-3-5-9(8)11(7)13/h2-7H,1H3/q+1. The minimum absolute atomic E-state index is 0.00481. The summed E-state index contributed by atoms with van der Waals surface area (Å²) in [6.07, 6.45) is 1.37. The van der Waals surface area contributed by atoms with Crippen LogP contribution < -0.4 is 0 Å². The van der Waals surface area contributed by atoms with Crippen LogP contribution in [-0.2, 0) is 0 Å². The van der Waals surface area contributed by atoms with E-state index < -0.39 is 11.0 Å². The number of para-hydroxylation sites is 1. The molecule has 0 N–H and O–H groups in total. The van der Waals surface area contributed by atoms with Gasteiger partial charge in [0.15, 0.2) is 0 Å². The summed E-state index contributed by atoms with van der Waals surface area (Å²) >= 11 is 0. The van der Waals surface area contributed by atoms with Crippen molar-refractivity contribution in [2.45, 2.75) is 13.0 Å². The lowest BCUT2D eigenvalue weighted by Crippen LogP contribution is -2.21. The molecule has 5 nitrogen and oxygen atoms in total. The Morgan fingerprint density at radius 1 is 1.40 bits per heavy atom. The molecule has 1 aliphatic heterocycles. The first-order valence-corrected chi connectivity index (χ1v) is 4.53. The van der Waals surface area contributed by atoms with Crippen LogP contribution in [0.4, 0.5) is 5.69 Å². The average Bonchev–Trinajstić information content (AvgIpc) is 2.23. The van der Waals surface area contributed by atoms with Gasteiger partial charge in [-0.25, -0.2) is 0 Å². The van der Waals surface area contributed by atoms with E-state index in [-0.39, 0.29) is 5.70 Å². The van der Waals surface area contributed by atoms with Crippen LogP contribution in [0, 0.1) is 15.0 Å². The van der Waals surface area contributed by atoms with Crippen molar-refractivity contribution >= 4 is 11.4 Å². The Hall–Kier alpha value is -2.04. The van der Waals surface area contributed by atoms with Crippen LogP contribution in [0.2, 0.25) is 0 Å². The van der Waals surface area contributed by atoms with Gasteiger partial charge in [0.1, 0.15) is 5.56 Å². The van der Waals surface area contributed by atoms with Crippen LogP contribution in [-0.4, -0.2) is 15.7 Å². The summed E-state index contributed by atoms with van der Waals surface area (Å²) in [6, 6.07) is 6.05. The SMILES string of the molecule is CC1C=C([N+](=O)[O-])c2ccccc2[N+]1=O. The highest BCUT2D eigenvalue weighted by atomic mass is 16.6. The van der Waals surface area contributed by atoms with Gasteiger partial charge < -0.3 is 0 Å². The molecular weight excluding hydrogens is 196 g/mol. The van der Waals surface area contributed by atoms with Gasteiger partial charge in [-0.15, -0.1) is 0 Å². The van der Waals surface area contributed by atoms with Crippen LogP contribution in [0.15, 0.2) is 30.3 Å². The number of fused-ring (bicyclic) bond motifs is 1. The summed E-state index contributed by atoms with van der Waals surface area (Å²) in [7, 11) is 0. The van der Waals surface area contributed by atoms with Gasteiger partial charge in [0, 0.05) is 22.7 Å². The maximum Gasteiger partial charge on any atom is 0.286 e. The van der Waals surface area contributed by atoms with E-state index in [1.165, 1.54) is 6.08 Å². The molecule has 5 heteroatoms. The lowest BCUT2D eigenvalue weighted by molar-refractivity contribution is -0.493. The van der Waals surface area contributed by atoms with Crippen molar-refractivity contribution in [3.8, 4) is 0 Å². The first-order chi connectivity index (χ1) is 7.11. The van der Waals surface area contributed by atoms with Gasteiger partial charge in [-0.05, 0) is 6.07 Å². The number of nitro groups is 1. The fourth-order valence-electron chi connectivity index (χ4n) is 1.65. The fourth-order valence-corrected chi connectivity index (χ4v) is 1.65. The third-order valence-electron chi connectivity index (χ3n) is 2.38. The molecule has 0 saturated carbocycles. The zero-order chi connectivity index (χ0) is 11.0. The van der Waals surface area contributed by atoms with E-state index in [2.05, 4.69) is 0 Å². The van der Waals surface area contributed by atoms with Gasteiger partial charge in [-0.1, -0.05) is 12.1 Å². The molecule has 1 atom stereocenters. The molecule has 2 rings (SSSR count). The summed E-state index contributed by atoms with van der Waals surface area (Å²) in [4.78, 5) is 22.0. The van der Waals surface area contributed by atoms with E-state index in [1.807, 2.05) is 0 Å².